The highest BCUT2D eigenvalue weighted by Crippen LogP contribution is 2.24. The van der Waals surface area contributed by atoms with Crippen LogP contribution in [-0.4, -0.2) is 18.6 Å². The molecule has 1 aliphatic heterocycles. The van der Waals surface area contributed by atoms with Crippen LogP contribution in [-0.2, 0) is 4.79 Å². The van der Waals surface area contributed by atoms with E-state index in [4.69, 9.17) is 0 Å². The van der Waals surface area contributed by atoms with Crippen molar-refractivity contribution >= 4 is 27.5 Å². The van der Waals surface area contributed by atoms with Crippen LogP contribution < -0.4 is 4.90 Å². The summed E-state index contributed by atoms with van der Waals surface area (Å²) in [5, 5.41) is 0. The minimum Gasteiger partial charge on any atom is -0.310 e. The minimum absolute atomic E-state index is 0.300. The number of hydrogen-bond donors (Lipinski definition) is 0. The van der Waals surface area contributed by atoms with Gasteiger partial charge in [-0.15, -0.1) is 0 Å². The van der Waals surface area contributed by atoms with Crippen molar-refractivity contribution in [2.45, 2.75) is 12.6 Å². The number of amides is 1. The van der Waals surface area contributed by atoms with Crippen LogP contribution in [0.2, 0.25) is 0 Å². The van der Waals surface area contributed by atoms with Gasteiger partial charge in [-0.05, 0) is 24.3 Å². The van der Waals surface area contributed by atoms with Gasteiger partial charge < -0.3 is 4.90 Å². The van der Waals surface area contributed by atoms with Gasteiger partial charge in [-0.1, -0.05) is 15.9 Å². The maximum Gasteiger partial charge on any atom is 0.261 e. The molecule has 1 amide bonds. The van der Waals surface area contributed by atoms with Crippen molar-refractivity contribution in [2.75, 3.05) is 11.4 Å². The molecule has 1 unspecified atom stereocenters. The lowest BCUT2D eigenvalue weighted by atomic mass is 10.3. The van der Waals surface area contributed by atoms with E-state index < -0.39 is 12.1 Å². The summed E-state index contributed by atoms with van der Waals surface area (Å²) in [4.78, 5) is 12.8. The maximum absolute atomic E-state index is 12.9. The molecule has 2 nitrogen and oxygen atoms in total. The molecule has 0 saturated carbocycles. The van der Waals surface area contributed by atoms with Crippen LogP contribution in [0.3, 0.4) is 0 Å². The van der Waals surface area contributed by atoms with E-state index >= 15 is 0 Å². The van der Waals surface area contributed by atoms with Crippen LogP contribution in [0.4, 0.5) is 10.1 Å². The van der Waals surface area contributed by atoms with Crippen molar-refractivity contribution in [3.05, 3.63) is 28.7 Å². The predicted octanol–water partition coefficient (Wildman–Crippen LogP) is 2.52. The quantitative estimate of drug-likeness (QED) is 0.757. The Balaban J connectivity index is 2.24. The Kier molecular flexibility index (Phi) is 2.54. The Bertz CT molecular complexity index is 352. The van der Waals surface area contributed by atoms with Crippen molar-refractivity contribution in [2.24, 2.45) is 0 Å². The van der Waals surface area contributed by atoms with E-state index in [9.17, 15) is 9.18 Å². The van der Waals surface area contributed by atoms with Gasteiger partial charge in [-0.25, -0.2) is 4.39 Å². The van der Waals surface area contributed by atoms with Crippen LogP contribution in [0.15, 0.2) is 28.7 Å². The molecule has 1 heterocycles. The van der Waals surface area contributed by atoms with E-state index in [1.165, 1.54) is 4.90 Å². The minimum atomic E-state index is -1.32. The molecule has 14 heavy (non-hydrogen) atoms. The Morgan fingerprint density at radius 3 is 2.50 bits per heavy atom. The van der Waals surface area contributed by atoms with Crippen molar-refractivity contribution in [3.63, 3.8) is 0 Å². The smallest absolute Gasteiger partial charge is 0.261 e. The number of nitrogens with zero attached hydrogens (tertiary/aromatic N) is 1. The highest BCUT2D eigenvalue weighted by molar-refractivity contribution is 9.10. The van der Waals surface area contributed by atoms with Gasteiger partial charge >= 0.3 is 0 Å². The summed E-state index contributed by atoms with van der Waals surface area (Å²) in [5.41, 5.74) is 0.762. The highest BCUT2D eigenvalue weighted by Gasteiger charge is 2.32. The van der Waals surface area contributed by atoms with Crippen molar-refractivity contribution in [3.8, 4) is 0 Å². The van der Waals surface area contributed by atoms with Gasteiger partial charge in [0.25, 0.3) is 5.91 Å². The summed E-state index contributed by atoms with van der Waals surface area (Å²) >= 11 is 3.30. The molecule has 0 radical (unpaired) electrons. The van der Waals surface area contributed by atoms with Gasteiger partial charge in [0.1, 0.15) is 0 Å². The Morgan fingerprint density at radius 2 is 2.00 bits per heavy atom. The maximum atomic E-state index is 12.9. The second-order valence-electron chi connectivity index (χ2n) is 3.22. The fourth-order valence-electron chi connectivity index (χ4n) is 1.52. The van der Waals surface area contributed by atoms with Crippen LogP contribution in [0.5, 0.6) is 0 Å². The number of hydrogen-bond acceptors (Lipinski definition) is 1. The van der Waals surface area contributed by atoms with Crippen LogP contribution in [0, 0.1) is 0 Å². The van der Waals surface area contributed by atoms with Gasteiger partial charge in [0.15, 0.2) is 6.17 Å². The highest BCUT2D eigenvalue weighted by atomic mass is 79.9. The third-order valence-corrected chi connectivity index (χ3v) is 2.81. The molecule has 74 valence electrons. The molecule has 0 aliphatic carbocycles. The second kappa shape index (κ2) is 3.69. The van der Waals surface area contributed by atoms with E-state index in [1.54, 1.807) is 12.1 Å². The summed E-state index contributed by atoms with van der Waals surface area (Å²) in [6.07, 6.45) is -1.02. The zero-order valence-corrected chi connectivity index (χ0v) is 9.00. The molecule has 2 rings (SSSR count). The predicted molar refractivity (Wildman–Crippen MR) is 56.0 cm³/mol. The fourth-order valence-corrected chi connectivity index (χ4v) is 1.79. The first-order valence-corrected chi connectivity index (χ1v) is 5.19. The molecule has 1 fully saturated rings. The average molecular weight is 258 g/mol. The normalized spacial score (nSPS) is 21.7. The fraction of sp³-hybridized carbons (Fsp3) is 0.300. The Hall–Kier alpha value is -0.900. The van der Waals surface area contributed by atoms with E-state index in [0.717, 1.165) is 10.2 Å². The SMILES string of the molecule is O=C1C(F)CCN1c1ccc(Br)cc1. The molecule has 0 aromatic heterocycles. The van der Waals surface area contributed by atoms with E-state index in [1.807, 2.05) is 12.1 Å². The summed E-state index contributed by atoms with van der Waals surface area (Å²) in [5.74, 6) is -0.424. The molecule has 1 saturated heterocycles. The molecule has 1 aromatic rings. The molecule has 0 bridgehead atoms. The zero-order valence-electron chi connectivity index (χ0n) is 7.41. The van der Waals surface area contributed by atoms with Crippen molar-refractivity contribution < 1.29 is 9.18 Å². The summed E-state index contributed by atoms with van der Waals surface area (Å²) in [6.45, 7) is 0.474. The van der Waals surface area contributed by atoms with Gasteiger partial charge in [0, 0.05) is 23.1 Å². The number of anilines is 1. The lowest BCUT2D eigenvalue weighted by molar-refractivity contribution is -0.121. The van der Waals surface area contributed by atoms with Crippen molar-refractivity contribution in [1.29, 1.82) is 0 Å². The van der Waals surface area contributed by atoms with E-state index in [-0.39, 0.29) is 0 Å². The first kappa shape index (κ1) is 9.65. The molecular formula is C10H9BrFNO. The number of benzene rings is 1. The molecular weight excluding hydrogens is 249 g/mol. The van der Waals surface area contributed by atoms with E-state index in [0.29, 0.717) is 13.0 Å². The van der Waals surface area contributed by atoms with Crippen molar-refractivity contribution in [1.82, 2.24) is 0 Å². The van der Waals surface area contributed by atoms with E-state index in [2.05, 4.69) is 15.9 Å². The molecule has 1 atom stereocenters. The van der Waals surface area contributed by atoms with Crippen LogP contribution in [0.25, 0.3) is 0 Å². The number of halogens is 2. The third-order valence-electron chi connectivity index (χ3n) is 2.28. The topological polar surface area (TPSA) is 20.3 Å². The van der Waals surface area contributed by atoms with Gasteiger partial charge in [-0.3, -0.25) is 4.79 Å². The molecule has 4 heteroatoms. The first-order valence-electron chi connectivity index (χ1n) is 4.39. The third kappa shape index (κ3) is 1.66. The monoisotopic (exact) mass is 257 g/mol. The second-order valence-corrected chi connectivity index (χ2v) is 4.14. The summed E-state index contributed by atoms with van der Waals surface area (Å²) in [7, 11) is 0. The Labute approximate surface area is 89.8 Å². The number of alkyl halides is 1. The molecule has 0 spiro atoms. The van der Waals surface area contributed by atoms with Crippen LogP contribution in [0.1, 0.15) is 6.42 Å². The summed E-state index contributed by atoms with van der Waals surface area (Å²) < 4.78 is 13.9. The lowest BCUT2D eigenvalue weighted by Crippen LogP contribution is -2.27. The van der Waals surface area contributed by atoms with Gasteiger partial charge in [0.05, 0.1) is 0 Å². The largest absolute Gasteiger partial charge is 0.310 e. The summed E-state index contributed by atoms with van der Waals surface area (Å²) in [6, 6.07) is 7.29. The van der Waals surface area contributed by atoms with Gasteiger partial charge in [0.2, 0.25) is 0 Å². The van der Waals surface area contributed by atoms with Gasteiger partial charge in [-0.2, -0.15) is 0 Å². The lowest BCUT2D eigenvalue weighted by Gasteiger charge is -2.15. The number of carbonyl (C=O) groups excluding carboxylic acids is 1. The standard InChI is InChI=1S/C10H9BrFNO/c11-7-1-3-8(4-2-7)13-6-5-9(12)10(13)14/h1-4,9H,5-6H2. The molecule has 1 aliphatic rings. The number of rotatable bonds is 1. The van der Waals surface area contributed by atoms with Crippen LogP contribution >= 0.6 is 15.9 Å². The first-order chi connectivity index (χ1) is 6.68. The zero-order chi connectivity index (χ0) is 10.1. The molecule has 1 aromatic carbocycles. The Morgan fingerprint density at radius 1 is 1.36 bits per heavy atom. The number of carbonyl (C=O) groups is 1. The molecule has 0 N–H and O–H groups in total. The average Bonchev–Trinajstić information content (AvgIpc) is 2.50.